The Bertz CT molecular complexity index is 743. The number of aromatic carboxylic acids is 1. The average molecular weight is 273 g/mol. The van der Waals surface area contributed by atoms with Crippen LogP contribution in [-0.4, -0.2) is 25.4 Å². The van der Waals surface area contributed by atoms with Crippen LogP contribution in [-0.2, 0) is 26.4 Å². The average Bonchev–Trinajstić information content (AvgIpc) is 3.00. The van der Waals surface area contributed by atoms with Crippen LogP contribution in [0, 0.1) is 0 Å². The number of carbonyl (C=O) groups is 1. The smallest absolute Gasteiger partial charge is 0.339 e. The largest absolute Gasteiger partial charge is 0.478 e. The summed E-state index contributed by atoms with van der Waals surface area (Å²) >= 11 is 0. The van der Waals surface area contributed by atoms with E-state index in [-0.39, 0.29) is 17.7 Å². The molecule has 0 atom stereocenters. The SMILES string of the molecule is Cn1ncc(C(=O)O)c1Cn1c2c(ccc1=O)CCC2. The predicted octanol–water partition coefficient (Wildman–Crippen LogP) is 0.817. The van der Waals surface area contributed by atoms with Gasteiger partial charge in [-0.15, -0.1) is 0 Å². The van der Waals surface area contributed by atoms with Gasteiger partial charge < -0.3 is 9.67 Å². The van der Waals surface area contributed by atoms with Crippen LogP contribution in [0.4, 0.5) is 0 Å². The van der Waals surface area contributed by atoms with Crippen LogP contribution in [0.3, 0.4) is 0 Å². The lowest BCUT2D eigenvalue weighted by Gasteiger charge is -2.12. The molecule has 0 saturated heterocycles. The summed E-state index contributed by atoms with van der Waals surface area (Å²) in [5, 5.41) is 13.2. The standard InChI is InChI=1S/C14H15N3O3/c1-16-12(10(7-15-16)14(19)20)8-17-11-4-2-3-9(11)5-6-13(17)18/h5-7H,2-4,8H2,1H3,(H,19,20). The molecule has 1 N–H and O–H groups in total. The molecule has 0 aromatic carbocycles. The summed E-state index contributed by atoms with van der Waals surface area (Å²) in [6.45, 7) is 0.250. The first-order chi connectivity index (χ1) is 9.58. The molecule has 2 aromatic heterocycles. The number of hydrogen-bond donors (Lipinski definition) is 1. The van der Waals surface area contributed by atoms with Gasteiger partial charge in [0.15, 0.2) is 0 Å². The molecule has 1 aliphatic carbocycles. The van der Waals surface area contributed by atoms with Crippen LogP contribution in [0.2, 0.25) is 0 Å². The first-order valence-corrected chi connectivity index (χ1v) is 6.53. The van der Waals surface area contributed by atoms with Gasteiger partial charge in [-0.05, 0) is 24.8 Å². The van der Waals surface area contributed by atoms with Gasteiger partial charge in [0.25, 0.3) is 5.56 Å². The molecule has 6 heteroatoms. The molecule has 0 saturated carbocycles. The summed E-state index contributed by atoms with van der Waals surface area (Å²) in [7, 11) is 1.69. The van der Waals surface area contributed by atoms with Crippen molar-refractivity contribution in [2.24, 2.45) is 7.05 Å². The van der Waals surface area contributed by atoms with Gasteiger partial charge in [0, 0.05) is 18.8 Å². The molecule has 0 radical (unpaired) electrons. The quantitative estimate of drug-likeness (QED) is 0.898. The van der Waals surface area contributed by atoms with Crippen LogP contribution in [0.15, 0.2) is 23.1 Å². The summed E-state index contributed by atoms with van der Waals surface area (Å²) in [6, 6.07) is 3.43. The van der Waals surface area contributed by atoms with E-state index in [1.54, 1.807) is 17.7 Å². The van der Waals surface area contributed by atoms with Crippen LogP contribution in [0.1, 0.15) is 33.7 Å². The fourth-order valence-electron chi connectivity index (χ4n) is 2.79. The number of pyridine rings is 1. The molecule has 0 spiro atoms. The molecular formula is C14H15N3O3. The number of aryl methyl sites for hydroxylation is 2. The molecule has 0 bridgehead atoms. The minimum Gasteiger partial charge on any atom is -0.478 e. The van der Waals surface area contributed by atoms with Crippen molar-refractivity contribution in [3.63, 3.8) is 0 Å². The first kappa shape index (κ1) is 12.7. The monoisotopic (exact) mass is 273 g/mol. The molecule has 20 heavy (non-hydrogen) atoms. The van der Waals surface area contributed by atoms with Crippen molar-refractivity contribution in [1.29, 1.82) is 0 Å². The van der Waals surface area contributed by atoms with Gasteiger partial charge in [-0.2, -0.15) is 5.10 Å². The van der Waals surface area contributed by atoms with Crippen molar-refractivity contribution in [2.75, 3.05) is 0 Å². The zero-order valence-corrected chi connectivity index (χ0v) is 11.2. The summed E-state index contributed by atoms with van der Waals surface area (Å²) in [6.07, 6.45) is 4.21. The predicted molar refractivity (Wildman–Crippen MR) is 72.0 cm³/mol. The van der Waals surface area contributed by atoms with E-state index in [0.29, 0.717) is 5.69 Å². The van der Waals surface area contributed by atoms with Crippen molar-refractivity contribution in [3.8, 4) is 0 Å². The Morgan fingerprint density at radius 1 is 1.40 bits per heavy atom. The molecular weight excluding hydrogens is 258 g/mol. The van der Waals surface area contributed by atoms with E-state index in [9.17, 15) is 14.7 Å². The number of aromatic nitrogens is 3. The highest BCUT2D eigenvalue weighted by Gasteiger charge is 2.20. The van der Waals surface area contributed by atoms with Gasteiger partial charge in [-0.25, -0.2) is 4.79 Å². The Kier molecular flexibility index (Phi) is 2.93. The molecule has 0 aliphatic heterocycles. The highest BCUT2D eigenvalue weighted by Crippen LogP contribution is 2.21. The summed E-state index contributed by atoms with van der Waals surface area (Å²) in [5.74, 6) is -1.02. The Balaban J connectivity index is 2.09. The Hall–Kier alpha value is -2.37. The van der Waals surface area contributed by atoms with Crippen LogP contribution in [0.5, 0.6) is 0 Å². The summed E-state index contributed by atoms with van der Waals surface area (Å²) in [4.78, 5) is 23.3. The van der Waals surface area contributed by atoms with E-state index in [1.165, 1.54) is 16.4 Å². The number of carboxylic acid groups (broad SMARTS) is 1. The molecule has 2 aromatic rings. The fraction of sp³-hybridized carbons (Fsp3) is 0.357. The number of hydrogen-bond acceptors (Lipinski definition) is 3. The second-order valence-electron chi connectivity index (χ2n) is 5.02. The van der Waals surface area contributed by atoms with E-state index in [2.05, 4.69) is 5.10 Å². The van der Waals surface area contributed by atoms with E-state index in [1.807, 2.05) is 6.07 Å². The maximum Gasteiger partial charge on any atom is 0.339 e. The van der Waals surface area contributed by atoms with Crippen LogP contribution in [0.25, 0.3) is 0 Å². The highest BCUT2D eigenvalue weighted by atomic mass is 16.4. The second kappa shape index (κ2) is 4.63. The van der Waals surface area contributed by atoms with E-state index in [0.717, 1.165) is 25.0 Å². The molecule has 1 aliphatic rings. The molecule has 0 amide bonds. The highest BCUT2D eigenvalue weighted by molar-refractivity contribution is 5.88. The van der Waals surface area contributed by atoms with Crippen LogP contribution < -0.4 is 5.56 Å². The molecule has 0 fully saturated rings. The van der Waals surface area contributed by atoms with E-state index >= 15 is 0 Å². The number of rotatable bonds is 3. The minimum absolute atomic E-state index is 0.0943. The lowest BCUT2D eigenvalue weighted by atomic mass is 10.2. The Morgan fingerprint density at radius 2 is 2.20 bits per heavy atom. The Labute approximate surface area is 115 Å². The van der Waals surface area contributed by atoms with Gasteiger partial charge in [0.05, 0.1) is 18.4 Å². The third-order valence-corrected chi connectivity index (χ3v) is 3.85. The normalized spacial score (nSPS) is 13.4. The van der Waals surface area contributed by atoms with Crippen molar-refractivity contribution in [1.82, 2.24) is 14.3 Å². The number of fused-ring (bicyclic) bond motifs is 1. The summed E-state index contributed by atoms with van der Waals surface area (Å²) in [5.41, 5.74) is 2.80. The third-order valence-electron chi connectivity index (χ3n) is 3.85. The molecule has 6 nitrogen and oxygen atoms in total. The van der Waals surface area contributed by atoms with Gasteiger partial charge in [-0.3, -0.25) is 9.48 Å². The third kappa shape index (κ3) is 1.93. The van der Waals surface area contributed by atoms with Crippen molar-refractivity contribution < 1.29 is 9.90 Å². The van der Waals surface area contributed by atoms with Gasteiger partial charge in [0.2, 0.25) is 0 Å². The second-order valence-corrected chi connectivity index (χ2v) is 5.02. The van der Waals surface area contributed by atoms with E-state index < -0.39 is 5.97 Å². The van der Waals surface area contributed by atoms with Gasteiger partial charge >= 0.3 is 5.97 Å². The van der Waals surface area contributed by atoms with Crippen molar-refractivity contribution >= 4 is 5.97 Å². The van der Waals surface area contributed by atoms with Crippen LogP contribution >= 0.6 is 0 Å². The maximum atomic E-state index is 12.1. The lowest BCUT2D eigenvalue weighted by Crippen LogP contribution is -2.25. The molecule has 2 heterocycles. The summed E-state index contributed by atoms with van der Waals surface area (Å²) < 4.78 is 3.19. The van der Waals surface area contributed by atoms with Crippen molar-refractivity contribution in [3.05, 3.63) is 51.2 Å². The zero-order valence-electron chi connectivity index (χ0n) is 11.2. The van der Waals surface area contributed by atoms with Crippen molar-refractivity contribution in [2.45, 2.75) is 25.8 Å². The molecule has 3 rings (SSSR count). The number of carboxylic acids is 1. The van der Waals surface area contributed by atoms with Gasteiger partial charge in [0.1, 0.15) is 5.56 Å². The zero-order chi connectivity index (χ0) is 14.3. The fourth-order valence-corrected chi connectivity index (χ4v) is 2.79. The van der Waals surface area contributed by atoms with Gasteiger partial charge in [-0.1, -0.05) is 6.07 Å². The minimum atomic E-state index is -1.02. The number of nitrogens with zero attached hydrogens (tertiary/aromatic N) is 3. The lowest BCUT2D eigenvalue weighted by molar-refractivity contribution is 0.0695. The Morgan fingerprint density at radius 3 is 2.95 bits per heavy atom. The molecule has 0 unspecified atom stereocenters. The maximum absolute atomic E-state index is 12.1. The first-order valence-electron chi connectivity index (χ1n) is 6.53. The molecule has 104 valence electrons. The van der Waals surface area contributed by atoms with E-state index in [4.69, 9.17) is 0 Å². The topological polar surface area (TPSA) is 77.1 Å².